The predicted molar refractivity (Wildman–Crippen MR) is 174 cm³/mol. The van der Waals surface area contributed by atoms with Gasteiger partial charge in [-0.25, -0.2) is 18.1 Å². The first-order chi connectivity index (χ1) is 21.8. The van der Waals surface area contributed by atoms with Crippen molar-refractivity contribution >= 4 is 54.2 Å². The molecule has 4 N–H and O–H groups in total. The first-order valence-electron chi connectivity index (χ1n) is 15.4. The fourth-order valence-electron chi connectivity index (χ4n) is 6.74. The van der Waals surface area contributed by atoms with E-state index in [2.05, 4.69) is 57.0 Å². The molecule has 2 aliphatic rings. The van der Waals surface area contributed by atoms with Crippen LogP contribution in [0.25, 0.3) is 21.1 Å². The van der Waals surface area contributed by atoms with Crippen molar-refractivity contribution in [3.8, 4) is 6.07 Å². The number of hydrogen-bond acceptors (Lipinski definition) is 9. The fourth-order valence-corrected chi connectivity index (χ4v) is 9.42. The van der Waals surface area contributed by atoms with E-state index in [0.717, 1.165) is 66.7 Å². The van der Waals surface area contributed by atoms with Crippen LogP contribution < -0.4 is 15.8 Å². The number of likely N-dealkylation sites (tertiary alicyclic amines) is 1. The number of nitrogens with two attached hydrogens (primary N) is 1. The van der Waals surface area contributed by atoms with Crippen LogP contribution in [0.3, 0.4) is 0 Å². The van der Waals surface area contributed by atoms with Crippen LogP contribution in [0.15, 0.2) is 24.3 Å². The van der Waals surface area contributed by atoms with Gasteiger partial charge in [0.15, 0.2) is 0 Å². The molecule has 46 heavy (non-hydrogen) atoms. The number of aryl methyl sites for hydroxylation is 1. The van der Waals surface area contributed by atoms with Crippen molar-refractivity contribution in [2.24, 2.45) is 11.8 Å². The Morgan fingerprint density at radius 2 is 1.96 bits per heavy atom. The van der Waals surface area contributed by atoms with Crippen molar-refractivity contribution in [1.29, 1.82) is 5.26 Å². The molecule has 5 heterocycles. The first kappa shape index (κ1) is 32.5. The zero-order chi connectivity index (χ0) is 32.8. The first-order valence-corrected chi connectivity index (χ1v) is 17.9. The molecule has 246 valence electrons. The Hall–Kier alpha value is -3.45. The van der Waals surface area contributed by atoms with Gasteiger partial charge in [0.2, 0.25) is 16.0 Å². The minimum Gasteiger partial charge on any atom is -0.368 e. The second-order valence-electron chi connectivity index (χ2n) is 12.6. The smallest absolute Gasteiger partial charge is 0.368 e. The Kier molecular flexibility index (Phi) is 8.92. The molecule has 2 atom stereocenters. The number of benzene rings is 1. The number of fused-ring (bicyclic) bond motifs is 2. The van der Waals surface area contributed by atoms with Gasteiger partial charge in [0, 0.05) is 54.5 Å². The summed E-state index contributed by atoms with van der Waals surface area (Å²) in [6, 6.07) is 10.1. The molecule has 0 radical (unpaired) electrons. The zero-order valence-corrected chi connectivity index (χ0v) is 27.3. The average Bonchev–Trinajstić information content (AvgIpc) is 3.54. The summed E-state index contributed by atoms with van der Waals surface area (Å²) in [7, 11) is -3.25. The summed E-state index contributed by atoms with van der Waals surface area (Å²) in [5.74, 6) is 0.731. The number of rotatable bonds is 8. The number of thiophene rings is 1. The number of hydrogen-bond donors (Lipinski definition) is 3. The van der Waals surface area contributed by atoms with E-state index in [-0.39, 0.29) is 34.5 Å². The molecule has 0 saturated carbocycles. The molecular formula is C31H37F3N8O2S2. The molecular weight excluding hydrogens is 638 g/mol. The molecule has 4 aromatic rings. The van der Waals surface area contributed by atoms with E-state index in [1.54, 1.807) is 0 Å². The lowest BCUT2D eigenvalue weighted by Crippen LogP contribution is -2.40. The van der Waals surface area contributed by atoms with E-state index in [1.165, 1.54) is 11.6 Å². The summed E-state index contributed by atoms with van der Waals surface area (Å²) >= 11 is 0.988. The molecule has 10 nitrogen and oxygen atoms in total. The summed E-state index contributed by atoms with van der Waals surface area (Å²) in [6.45, 7) is 7.56. The molecule has 6 rings (SSSR count). The Morgan fingerprint density at radius 3 is 2.65 bits per heavy atom. The van der Waals surface area contributed by atoms with E-state index in [0.29, 0.717) is 34.8 Å². The number of aromatic nitrogens is 3. The van der Waals surface area contributed by atoms with E-state index in [9.17, 15) is 26.9 Å². The van der Waals surface area contributed by atoms with Crippen molar-refractivity contribution in [2.45, 2.75) is 64.8 Å². The quantitative estimate of drug-likeness (QED) is 0.233. The second-order valence-corrected chi connectivity index (χ2v) is 15.6. The number of piperidine rings is 1. The van der Waals surface area contributed by atoms with Crippen molar-refractivity contribution in [1.82, 2.24) is 24.2 Å². The van der Waals surface area contributed by atoms with E-state index in [1.807, 2.05) is 10.6 Å². The number of halogens is 3. The third-order valence-electron chi connectivity index (χ3n) is 9.29. The van der Waals surface area contributed by atoms with E-state index in [4.69, 9.17) is 5.73 Å². The highest BCUT2D eigenvalue weighted by atomic mass is 32.2. The Balaban J connectivity index is 1.12. The number of alkyl halides is 3. The van der Waals surface area contributed by atoms with Gasteiger partial charge >= 0.3 is 6.18 Å². The van der Waals surface area contributed by atoms with Crippen LogP contribution in [0.2, 0.25) is 0 Å². The molecule has 0 spiro atoms. The molecule has 0 amide bonds. The van der Waals surface area contributed by atoms with E-state index < -0.39 is 22.6 Å². The van der Waals surface area contributed by atoms with Crippen LogP contribution in [0.5, 0.6) is 0 Å². The van der Waals surface area contributed by atoms with Crippen molar-refractivity contribution in [2.75, 3.05) is 36.4 Å². The molecule has 15 heteroatoms. The van der Waals surface area contributed by atoms with Crippen molar-refractivity contribution < 1.29 is 21.6 Å². The maximum Gasteiger partial charge on any atom is 0.393 e. The van der Waals surface area contributed by atoms with Gasteiger partial charge in [-0.05, 0) is 67.3 Å². The van der Waals surface area contributed by atoms with Gasteiger partial charge in [-0.15, -0.1) is 11.3 Å². The van der Waals surface area contributed by atoms with Gasteiger partial charge in [0.25, 0.3) is 0 Å². The number of nitriles is 1. The Morgan fingerprint density at radius 1 is 1.20 bits per heavy atom. The zero-order valence-electron chi connectivity index (χ0n) is 25.7. The summed E-state index contributed by atoms with van der Waals surface area (Å²) < 4.78 is 67.8. The Bertz CT molecular complexity index is 1910. The largest absolute Gasteiger partial charge is 0.393 e. The van der Waals surface area contributed by atoms with Gasteiger partial charge in [-0.2, -0.15) is 23.4 Å². The van der Waals surface area contributed by atoms with Crippen molar-refractivity contribution in [3.05, 3.63) is 46.0 Å². The lowest BCUT2D eigenvalue weighted by atomic mass is 9.92. The Labute approximate surface area is 269 Å². The number of nitrogens with zero attached hydrogens (tertiary/aromatic N) is 5. The highest BCUT2D eigenvalue weighted by molar-refractivity contribution is 7.89. The van der Waals surface area contributed by atoms with Gasteiger partial charge in [-0.3, -0.25) is 4.90 Å². The van der Waals surface area contributed by atoms with Crippen LogP contribution >= 0.6 is 11.3 Å². The van der Waals surface area contributed by atoms with Gasteiger partial charge in [0.05, 0.1) is 17.6 Å². The predicted octanol–water partition coefficient (Wildman–Crippen LogP) is 5.17. The normalized spacial score (nSPS) is 20.2. The standard InChI is InChI=1S/C31H37F3N8O2S2/c1-18(21-5-8-37-46(43,44)17-21)15-42-23(14-35)11-25-19(2)20(3-4-27(25)42)16-41-9-6-22(7-10-41)38-28-26-12-24(13-31(32,33)34)45-29(26)40-30(36)39-28/h3-4,11-12,18,21-22,37H,5-10,13,15-17H2,1-2H3,(H3,36,38,39,40)/t18-,21?/m0/s1. The lowest BCUT2D eigenvalue weighted by molar-refractivity contribution is -0.126. The van der Waals surface area contributed by atoms with Crippen molar-refractivity contribution in [3.63, 3.8) is 0 Å². The maximum atomic E-state index is 13.0. The van der Waals surface area contributed by atoms with E-state index >= 15 is 0 Å². The molecule has 1 unspecified atom stereocenters. The van der Waals surface area contributed by atoms with Crippen LogP contribution in [0.1, 0.15) is 47.9 Å². The molecule has 0 aliphatic carbocycles. The number of anilines is 2. The fraction of sp³-hybridized carbons (Fsp3) is 0.516. The monoisotopic (exact) mass is 674 g/mol. The number of nitrogen functional groups attached to an aromatic ring is 1. The second kappa shape index (κ2) is 12.6. The van der Waals surface area contributed by atoms with Crippen LogP contribution in [-0.4, -0.2) is 65.5 Å². The molecule has 0 bridgehead atoms. The third kappa shape index (κ3) is 7.10. The summed E-state index contributed by atoms with van der Waals surface area (Å²) in [4.78, 5) is 11.5. The highest BCUT2D eigenvalue weighted by Crippen LogP contribution is 2.35. The summed E-state index contributed by atoms with van der Waals surface area (Å²) in [5, 5.41) is 15.0. The number of sulfonamides is 1. The van der Waals surface area contributed by atoms with Gasteiger partial charge in [0.1, 0.15) is 22.4 Å². The number of nitrogens with one attached hydrogen (secondary N) is 2. The third-order valence-corrected chi connectivity index (χ3v) is 11.8. The minimum absolute atomic E-state index is 0.0285. The molecule has 2 fully saturated rings. The SMILES string of the molecule is Cc1c(CN2CCC(Nc3nc(N)nc4sc(CC(F)(F)F)cc34)CC2)ccc2c1cc(C#N)n2C[C@H](C)C1CCNS(=O)(=O)C1. The summed E-state index contributed by atoms with van der Waals surface area (Å²) in [5.41, 5.74) is 9.74. The highest BCUT2D eigenvalue weighted by Gasteiger charge is 2.31. The summed E-state index contributed by atoms with van der Waals surface area (Å²) in [6.07, 6.45) is -2.88. The molecule has 1 aromatic carbocycles. The van der Waals surface area contributed by atoms with Crippen LogP contribution in [0.4, 0.5) is 24.9 Å². The minimum atomic E-state index is -4.30. The molecule has 2 aliphatic heterocycles. The lowest BCUT2D eigenvalue weighted by Gasteiger charge is -2.33. The molecule has 3 aromatic heterocycles. The van der Waals surface area contributed by atoms with Crippen LogP contribution in [-0.2, 0) is 29.5 Å². The maximum absolute atomic E-state index is 13.0. The van der Waals surface area contributed by atoms with Gasteiger partial charge < -0.3 is 15.6 Å². The average molecular weight is 675 g/mol. The van der Waals surface area contributed by atoms with Gasteiger partial charge in [-0.1, -0.05) is 13.0 Å². The molecule has 2 saturated heterocycles. The van der Waals surface area contributed by atoms with Crippen LogP contribution in [0, 0.1) is 30.1 Å². The topological polar surface area (TPSA) is 142 Å².